The first-order valence-electron chi connectivity index (χ1n) is 4.79. The second-order valence-corrected chi connectivity index (χ2v) is 4.48. The summed E-state index contributed by atoms with van der Waals surface area (Å²) in [5.74, 6) is 0.948. The van der Waals surface area contributed by atoms with E-state index in [0.29, 0.717) is 6.04 Å². The zero-order valence-corrected chi connectivity index (χ0v) is 9.71. The van der Waals surface area contributed by atoms with Crippen molar-refractivity contribution in [1.82, 2.24) is 4.98 Å². The smallest absolute Gasteiger partial charge is 0.140 e. The van der Waals surface area contributed by atoms with Crippen molar-refractivity contribution < 1.29 is 0 Å². The molecular formula is C11H13BrN2. The highest BCUT2D eigenvalue weighted by atomic mass is 79.9. The molecule has 2 nitrogen and oxygen atoms in total. The van der Waals surface area contributed by atoms with Crippen LogP contribution in [0.25, 0.3) is 0 Å². The average molecular weight is 253 g/mol. The number of halogens is 1. The molecule has 2 rings (SSSR count). The summed E-state index contributed by atoms with van der Waals surface area (Å²) in [6, 6.07) is 2.60. The molecule has 0 spiro atoms. The Morgan fingerprint density at radius 2 is 2.14 bits per heavy atom. The van der Waals surface area contributed by atoms with Crippen LogP contribution < -0.4 is 5.32 Å². The largest absolute Gasteiger partial charge is 0.366 e. The van der Waals surface area contributed by atoms with Crippen molar-refractivity contribution in [2.24, 2.45) is 0 Å². The summed E-state index contributed by atoms with van der Waals surface area (Å²) in [4.78, 5) is 4.36. The van der Waals surface area contributed by atoms with E-state index in [1.807, 2.05) is 13.1 Å². The number of aryl methyl sites for hydroxylation is 1. The van der Waals surface area contributed by atoms with Gasteiger partial charge in [0.2, 0.25) is 0 Å². The number of nitrogens with zero attached hydrogens (tertiary/aromatic N) is 1. The summed E-state index contributed by atoms with van der Waals surface area (Å²) in [6.45, 7) is 2.04. The fourth-order valence-corrected chi connectivity index (χ4v) is 2.15. The monoisotopic (exact) mass is 252 g/mol. The third kappa shape index (κ3) is 2.15. The molecule has 0 atom stereocenters. The molecule has 1 heterocycles. The molecule has 0 aromatic carbocycles. The summed E-state index contributed by atoms with van der Waals surface area (Å²) < 4.78 is 1.05. The second-order valence-electron chi connectivity index (χ2n) is 3.63. The van der Waals surface area contributed by atoms with E-state index in [2.05, 4.69) is 44.4 Å². The van der Waals surface area contributed by atoms with Gasteiger partial charge in [0, 0.05) is 12.2 Å². The summed E-state index contributed by atoms with van der Waals surface area (Å²) in [5.41, 5.74) is 1.17. The van der Waals surface area contributed by atoms with Crippen molar-refractivity contribution in [2.75, 3.05) is 5.32 Å². The molecule has 0 amide bonds. The van der Waals surface area contributed by atoms with Crippen LogP contribution in [0.2, 0.25) is 0 Å². The Kier molecular flexibility index (Phi) is 2.87. The molecule has 0 aliphatic heterocycles. The zero-order chi connectivity index (χ0) is 9.97. The molecule has 14 heavy (non-hydrogen) atoms. The lowest BCUT2D eigenvalue weighted by Gasteiger charge is -2.13. The maximum absolute atomic E-state index is 4.36. The van der Waals surface area contributed by atoms with Gasteiger partial charge >= 0.3 is 0 Å². The number of aromatic nitrogens is 1. The van der Waals surface area contributed by atoms with Crippen molar-refractivity contribution in [1.29, 1.82) is 0 Å². The lowest BCUT2D eigenvalue weighted by molar-refractivity contribution is 0.780. The highest BCUT2D eigenvalue weighted by Crippen LogP contribution is 2.23. The van der Waals surface area contributed by atoms with Gasteiger partial charge in [-0.1, -0.05) is 12.2 Å². The van der Waals surface area contributed by atoms with Gasteiger partial charge in [-0.15, -0.1) is 0 Å². The number of hydrogen-bond acceptors (Lipinski definition) is 2. The molecule has 0 saturated carbocycles. The van der Waals surface area contributed by atoms with Crippen LogP contribution in [-0.4, -0.2) is 11.0 Å². The maximum atomic E-state index is 4.36. The molecule has 1 aromatic heterocycles. The van der Waals surface area contributed by atoms with Crippen LogP contribution in [0.15, 0.2) is 28.9 Å². The van der Waals surface area contributed by atoms with Gasteiger partial charge in [-0.2, -0.15) is 0 Å². The third-order valence-electron chi connectivity index (χ3n) is 2.33. The Morgan fingerprint density at radius 3 is 2.79 bits per heavy atom. The molecule has 1 aliphatic rings. The average Bonchev–Trinajstić information content (AvgIpc) is 2.62. The van der Waals surface area contributed by atoms with Gasteiger partial charge in [-0.3, -0.25) is 0 Å². The van der Waals surface area contributed by atoms with Crippen molar-refractivity contribution in [3.05, 3.63) is 34.5 Å². The first kappa shape index (κ1) is 9.71. The van der Waals surface area contributed by atoms with Crippen LogP contribution in [0.3, 0.4) is 0 Å². The number of rotatable bonds is 2. The van der Waals surface area contributed by atoms with Crippen molar-refractivity contribution in [3.8, 4) is 0 Å². The van der Waals surface area contributed by atoms with Gasteiger partial charge in [0.15, 0.2) is 0 Å². The van der Waals surface area contributed by atoms with Crippen LogP contribution in [0, 0.1) is 6.92 Å². The van der Waals surface area contributed by atoms with E-state index in [0.717, 1.165) is 23.1 Å². The summed E-state index contributed by atoms with van der Waals surface area (Å²) in [6.07, 6.45) is 8.50. The molecular weight excluding hydrogens is 240 g/mol. The molecule has 0 fully saturated rings. The van der Waals surface area contributed by atoms with Gasteiger partial charge < -0.3 is 5.32 Å². The number of pyridine rings is 1. The summed E-state index contributed by atoms with van der Waals surface area (Å²) in [5, 5.41) is 3.42. The number of nitrogens with one attached hydrogen (secondary N) is 1. The fourth-order valence-electron chi connectivity index (χ4n) is 1.57. The van der Waals surface area contributed by atoms with Gasteiger partial charge in [0.25, 0.3) is 0 Å². The van der Waals surface area contributed by atoms with E-state index in [1.54, 1.807) is 0 Å². The van der Waals surface area contributed by atoms with Crippen LogP contribution in [0.4, 0.5) is 5.82 Å². The molecule has 74 valence electrons. The van der Waals surface area contributed by atoms with Crippen LogP contribution >= 0.6 is 15.9 Å². The van der Waals surface area contributed by atoms with Crippen molar-refractivity contribution in [3.63, 3.8) is 0 Å². The van der Waals surface area contributed by atoms with Crippen molar-refractivity contribution in [2.45, 2.75) is 25.8 Å². The Balaban J connectivity index is 2.08. The third-order valence-corrected chi connectivity index (χ3v) is 2.93. The minimum atomic E-state index is 0.515. The second kappa shape index (κ2) is 4.13. The Morgan fingerprint density at radius 1 is 1.43 bits per heavy atom. The van der Waals surface area contributed by atoms with Crippen LogP contribution in [0.5, 0.6) is 0 Å². The van der Waals surface area contributed by atoms with E-state index in [-0.39, 0.29) is 0 Å². The Labute approximate surface area is 92.6 Å². The molecule has 3 heteroatoms. The van der Waals surface area contributed by atoms with E-state index in [9.17, 15) is 0 Å². The molecule has 0 radical (unpaired) electrons. The van der Waals surface area contributed by atoms with Gasteiger partial charge in [-0.05, 0) is 47.3 Å². The first-order valence-corrected chi connectivity index (χ1v) is 5.58. The lowest BCUT2D eigenvalue weighted by atomic mass is 10.2. The molecule has 1 N–H and O–H groups in total. The molecule has 1 aliphatic carbocycles. The quantitative estimate of drug-likeness (QED) is 0.818. The lowest BCUT2D eigenvalue weighted by Crippen LogP contribution is -2.16. The number of anilines is 1. The molecule has 0 unspecified atom stereocenters. The minimum absolute atomic E-state index is 0.515. The topological polar surface area (TPSA) is 24.9 Å². The zero-order valence-electron chi connectivity index (χ0n) is 8.13. The van der Waals surface area contributed by atoms with Gasteiger partial charge in [-0.25, -0.2) is 4.98 Å². The fraction of sp³-hybridized carbons (Fsp3) is 0.364. The van der Waals surface area contributed by atoms with E-state index in [1.165, 1.54) is 5.56 Å². The minimum Gasteiger partial charge on any atom is -0.366 e. The van der Waals surface area contributed by atoms with Crippen LogP contribution in [0.1, 0.15) is 18.4 Å². The maximum Gasteiger partial charge on any atom is 0.140 e. The molecule has 0 saturated heterocycles. The SMILES string of the molecule is Cc1cnc(NC2CC=CC2)c(Br)c1. The molecule has 1 aromatic rings. The van der Waals surface area contributed by atoms with Gasteiger partial charge in [0.1, 0.15) is 5.82 Å². The van der Waals surface area contributed by atoms with Gasteiger partial charge in [0.05, 0.1) is 4.47 Å². The highest BCUT2D eigenvalue weighted by Gasteiger charge is 2.11. The van der Waals surface area contributed by atoms with Crippen LogP contribution in [-0.2, 0) is 0 Å². The number of hydrogen-bond donors (Lipinski definition) is 1. The predicted octanol–water partition coefficient (Wildman–Crippen LogP) is 3.28. The van der Waals surface area contributed by atoms with E-state index < -0.39 is 0 Å². The molecule has 0 bridgehead atoms. The van der Waals surface area contributed by atoms with E-state index >= 15 is 0 Å². The first-order chi connectivity index (χ1) is 6.75. The Hall–Kier alpha value is -0.830. The standard InChI is InChI=1S/C11H13BrN2/c1-8-6-10(12)11(13-7-8)14-9-4-2-3-5-9/h2-3,6-7,9H,4-5H2,1H3,(H,13,14). The highest BCUT2D eigenvalue weighted by molar-refractivity contribution is 9.10. The Bertz CT molecular complexity index is 352. The summed E-state index contributed by atoms with van der Waals surface area (Å²) >= 11 is 3.51. The van der Waals surface area contributed by atoms with Crippen molar-refractivity contribution >= 4 is 21.7 Å². The normalized spacial score (nSPS) is 16.1. The van der Waals surface area contributed by atoms with E-state index in [4.69, 9.17) is 0 Å². The summed E-state index contributed by atoms with van der Waals surface area (Å²) in [7, 11) is 0. The predicted molar refractivity (Wildman–Crippen MR) is 62.5 cm³/mol.